The molecule has 1 atom stereocenters. The summed E-state index contributed by atoms with van der Waals surface area (Å²) in [4.78, 5) is 22.3. The minimum Gasteiger partial charge on any atom is -0.339 e. The Balaban J connectivity index is 1.33. The van der Waals surface area contributed by atoms with Crippen LogP contribution in [0.3, 0.4) is 0 Å². The minimum atomic E-state index is 0.146. The summed E-state index contributed by atoms with van der Waals surface area (Å²) in [6, 6.07) is 6.14. The fourth-order valence-electron chi connectivity index (χ4n) is 5.05. The molecule has 2 fully saturated rings. The van der Waals surface area contributed by atoms with Crippen LogP contribution in [0.2, 0.25) is 0 Å². The number of amides is 1. The summed E-state index contributed by atoms with van der Waals surface area (Å²) < 4.78 is 2.19. The van der Waals surface area contributed by atoms with Crippen molar-refractivity contribution in [3.63, 3.8) is 0 Å². The van der Waals surface area contributed by atoms with Gasteiger partial charge < -0.3 is 9.30 Å². The van der Waals surface area contributed by atoms with Gasteiger partial charge in [0.2, 0.25) is 0 Å². The molecule has 2 saturated heterocycles. The van der Waals surface area contributed by atoms with Gasteiger partial charge in [0.15, 0.2) is 0 Å². The van der Waals surface area contributed by atoms with Crippen LogP contribution in [0.25, 0.3) is 5.65 Å². The minimum absolute atomic E-state index is 0.146. The van der Waals surface area contributed by atoms with Crippen LogP contribution in [0.4, 0.5) is 0 Å². The lowest BCUT2D eigenvalue weighted by Gasteiger charge is -2.33. The molecule has 30 heavy (non-hydrogen) atoms. The summed E-state index contributed by atoms with van der Waals surface area (Å²) in [7, 11) is 0. The zero-order valence-electron chi connectivity index (χ0n) is 17.7. The number of aryl methyl sites for hydroxylation is 1. The molecule has 7 heteroatoms. The molecule has 1 amide bonds. The monoisotopic (exact) mass is 406 g/mol. The van der Waals surface area contributed by atoms with Crippen LogP contribution in [0.15, 0.2) is 30.6 Å². The van der Waals surface area contributed by atoms with Gasteiger partial charge in [-0.05, 0) is 57.7 Å². The SMILES string of the molecule is Cc1nc2ccccn2c1CN1CCCC(c2[nH]ncc2C(=O)N2CCCCC2)C1. The van der Waals surface area contributed by atoms with E-state index in [2.05, 4.69) is 44.8 Å². The first kappa shape index (κ1) is 19.3. The number of aromatic amines is 1. The molecule has 5 rings (SSSR count). The molecule has 1 N–H and O–H groups in total. The lowest BCUT2D eigenvalue weighted by atomic mass is 9.92. The number of hydrogen-bond acceptors (Lipinski definition) is 4. The van der Waals surface area contributed by atoms with Crippen LogP contribution < -0.4 is 0 Å². The molecule has 0 saturated carbocycles. The Labute approximate surface area is 177 Å². The first-order valence-corrected chi connectivity index (χ1v) is 11.2. The van der Waals surface area contributed by atoms with Gasteiger partial charge in [-0.1, -0.05) is 6.07 Å². The maximum atomic E-state index is 13.1. The standard InChI is InChI=1S/C23H30N6O/c1-17-20(29-13-6-3-9-21(29)25-17)16-27-10-7-8-18(15-27)22-19(14-24-26-22)23(30)28-11-4-2-5-12-28/h3,6,9,13-14,18H,2,4-5,7-8,10-12,15-16H2,1H3,(H,24,26). The first-order valence-electron chi connectivity index (χ1n) is 11.2. The van der Waals surface area contributed by atoms with E-state index in [-0.39, 0.29) is 5.91 Å². The predicted molar refractivity (Wildman–Crippen MR) is 116 cm³/mol. The van der Waals surface area contributed by atoms with E-state index in [4.69, 9.17) is 4.98 Å². The number of nitrogens with one attached hydrogen (secondary N) is 1. The number of aromatic nitrogens is 4. The van der Waals surface area contributed by atoms with Crippen molar-refractivity contribution in [2.75, 3.05) is 26.2 Å². The number of rotatable bonds is 4. The highest BCUT2D eigenvalue weighted by Gasteiger charge is 2.29. The number of carbonyl (C=O) groups excluding carboxylic acids is 1. The summed E-state index contributed by atoms with van der Waals surface area (Å²) in [6.45, 7) is 6.70. The van der Waals surface area contributed by atoms with Gasteiger partial charge >= 0.3 is 0 Å². The highest BCUT2D eigenvalue weighted by atomic mass is 16.2. The summed E-state index contributed by atoms with van der Waals surface area (Å²) >= 11 is 0. The zero-order chi connectivity index (χ0) is 20.5. The van der Waals surface area contributed by atoms with Crippen LogP contribution in [0, 0.1) is 6.92 Å². The molecule has 2 aliphatic heterocycles. The van der Waals surface area contributed by atoms with E-state index in [1.807, 2.05) is 11.0 Å². The summed E-state index contributed by atoms with van der Waals surface area (Å²) in [6.07, 6.45) is 9.48. The van der Waals surface area contributed by atoms with Crippen LogP contribution in [0.1, 0.15) is 65.5 Å². The Morgan fingerprint density at radius 3 is 2.90 bits per heavy atom. The average molecular weight is 407 g/mol. The van der Waals surface area contributed by atoms with E-state index in [0.717, 1.165) is 81.0 Å². The van der Waals surface area contributed by atoms with E-state index in [9.17, 15) is 4.79 Å². The number of nitrogens with zero attached hydrogens (tertiary/aromatic N) is 5. The van der Waals surface area contributed by atoms with E-state index in [0.29, 0.717) is 5.92 Å². The first-order chi connectivity index (χ1) is 14.7. The number of hydrogen-bond donors (Lipinski definition) is 1. The predicted octanol–water partition coefficient (Wildman–Crippen LogP) is 3.37. The molecule has 0 spiro atoms. The quantitative estimate of drug-likeness (QED) is 0.721. The number of imidazole rings is 1. The fraction of sp³-hybridized carbons (Fsp3) is 0.522. The molecule has 3 aromatic heterocycles. The summed E-state index contributed by atoms with van der Waals surface area (Å²) in [5.41, 5.74) is 5.13. The van der Waals surface area contributed by atoms with Crippen molar-refractivity contribution in [2.45, 2.75) is 51.5 Å². The number of carbonyl (C=O) groups is 1. The van der Waals surface area contributed by atoms with Crippen molar-refractivity contribution in [1.82, 2.24) is 29.4 Å². The number of piperidine rings is 2. The lowest BCUT2D eigenvalue weighted by Crippen LogP contribution is -2.37. The van der Waals surface area contributed by atoms with Crippen LogP contribution in [-0.4, -0.2) is 61.5 Å². The zero-order valence-corrected chi connectivity index (χ0v) is 17.7. The molecule has 0 aromatic carbocycles. The Kier molecular flexibility index (Phi) is 5.29. The normalized spacial score (nSPS) is 20.7. The molecule has 0 aliphatic carbocycles. The smallest absolute Gasteiger partial charge is 0.257 e. The largest absolute Gasteiger partial charge is 0.339 e. The third-order valence-corrected chi connectivity index (χ3v) is 6.66. The molecule has 1 unspecified atom stereocenters. The highest BCUT2D eigenvalue weighted by molar-refractivity contribution is 5.95. The van der Waals surface area contributed by atoms with E-state index in [1.165, 1.54) is 12.1 Å². The van der Waals surface area contributed by atoms with Gasteiger partial charge in [-0.3, -0.25) is 14.8 Å². The van der Waals surface area contributed by atoms with Crippen LogP contribution >= 0.6 is 0 Å². The van der Waals surface area contributed by atoms with Gasteiger partial charge in [-0.15, -0.1) is 0 Å². The van der Waals surface area contributed by atoms with E-state index >= 15 is 0 Å². The topological polar surface area (TPSA) is 69.5 Å². The second-order valence-electron chi connectivity index (χ2n) is 8.70. The van der Waals surface area contributed by atoms with Gasteiger partial charge in [0.1, 0.15) is 5.65 Å². The van der Waals surface area contributed by atoms with Crippen molar-refractivity contribution < 1.29 is 4.79 Å². The molecule has 5 heterocycles. The number of fused-ring (bicyclic) bond motifs is 1. The van der Waals surface area contributed by atoms with Gasteiger partial charge in [0.05, 0.1) is 28.8 Å². The Morgan fingerprint density at radius 1 is 1.17 bits per heavy atom. The molecule has 3 aromatic rings. The summed E-state index contributed by atoms with van der Waals surface area (Å²) in [5.74, 6) is 0.456. The van der Waals surface area contributed by atoms with Crippen molar-refractivity contribution in [2.24, 2.45) is 0 Å². The van der Waals surface area contributed by atoms with E-state index in [1.54, 1.807) is 6.20 Å². The molecule has 158 valence electrons. The van der Waals surface area contributed by atoms with Crippen molar-refractivity contribution in [3.8, 4) is 0 Å². The second kappa shape index (κ2) is 8.22. The molecule has 0 bridgehead atoms. The average Bonchev–Trinajstić information content (AvgIpc) is 3.39. The molecule has 0 radical (unpaired) electrons. The third kappa shape index (κ3) is 3.62. The van der Waals surface area contributed by atoms with Crippen molar-refractivity contribution in [1.29, 1.82) is 0 Å². The van der Waals surface area contributed by atoms with Crippen molar-refractivity contribution >= 4 is 11.6 Å². The molecular formula is C23H30N6O. The Bertz CT molecular complexity index is 1030. The second-order valence-corrected chi connectivity index (χ2v) is 8.70. The highest BCUT2D eigenvalue weighted by Crippen LogP contribution is 2.30. The van der Waals surface area contributed by atoms with E-state index < -0.39 is 0 Å². The number of likely N-dealkylation sites (tertiary alicyclic amines) is 2. The maximum Gasteiger partial charge on any atom is 0.257 e. The van der Waals surface area contributed by atoms with Gasteiger partial charge in [-0.2, -0.15) is 5.10 Å². The Morgan fingerprint density at radius 2 is 2.03 bits per heavy atom. The number of pyridine rings is 1. The Hall–Kier alpha value is -2.67. The van der Waals surface area contributed by atoms with Crippen LogP contribution in [0.5, 0.6) is 0 Å². The van der Waals surface area contributed by atoms with Gasteiger partial charge in [-0.25, -0.2) is 4.98 Å². The summed E-state index contributed by atoms with van der Waals surface area (Å²) in [5, 5.41) is 7.44. The van der Waals surface area contributed by atoms with Crippen molar-refractivity contribution in [3.05, 3.63) is 53.2 Å². The van der Waals surface area contributed by atoms with Gasteiger partial charge in [0.25, 0.3) is 5.91 Å². The van der Waals surface area contributed by atoms with Gasteiger partial charge in [0, 0.05) is 38.3 Å². The molecule has 7 nitrogen and oxygen atoms in total. The number of H-pyrrole nitrogens is 1. The van der Waals surface area contributed by atoms with Crippen LogP contribution in [-0.2, 0) is 6.54 Å². The maximum absolute atomic E-state index is 13.1. The lowest BCUT2D eigenvalue weighted by molar-refractivity contribution is 0.0721. The fourth-order valence-corrected chi connectivity index (χ4v) is 5.05. The molecular weight excluding hydrogens is 376 g/mol. The third-order valence-electron chi connectivity index (χ3n) is 6.66. The molecule has 2 aliphatic rings.